The number of nitrogens with one attached hydrogen (secondary N) is 2. The summed E-state index contributed by atoms with van der Waals surface area (Å²) >= 11 is 6.27. The fraction of sp³-hybridized carbons (Fsp3) is 0.588. The first-order valence-electron chi connectivity index (χ1n) is 8.11. The van der Waals surface area contributed by atoms with Gasteiger partial charge < -0.3 is 20.1 Å². The van der Waals surface area contributed by atoms with Crippen LogP contribution in [0, 0.1) is 0 Å². The van der Waals surface area contributed by atoms with Crippen molar-refractivity contribution in [1.29, 1.82) is 0 Å². The lowest BCUT2D eigenvalue weighted by molar-refractivity contribution is 0.0919. The molecule has 1 fully saturated rings. The number of methoxy groups -OCH3 is 1. The number of benzene rings is 1. The zero-order valence-corrected chi connectivity index (χ0v) is 15.9. The third kappa shape index (κ3) is 5.16. The minimum Gasteiger partial charge on any atom is -0.493 e. The molecule has 2 unspecified atom stereocenters. The van der Waals surface area contributed by atoms with Crippen LogP contribution in [0.1, 0.15) is 43.5 Å². The Morgan fingerprint density at radius 3 is 2.83 bits per heavy atom. The second-order valence-electron chi connectivity index (χ2n) is 5.80. The van der Waals surface area contributed by atoms with E-state index in [2.05, 4.69) is 17.6 Å². The van der Waals surface area contributed by atoms with Gasteiger partial charge in [-0.3, -0.25) is 4.79 Å². The van der Waals surface area contributed by atoms with E-state index >= 15 is 0 Å². The summed E-state index contributed by atoms with van der Waals surface area (Å²) in [5.74, 6) is 0.818. The first kappa shape index (κ1) is 20.9. The smallest absolute Gasteiger partial charge is 0.251 e. The van der Waals surface area contributed by atoms with Crippen LogP contribution < -0.4 is 20.1 Å². The third-order valence-electron chi connectivity index (χ3n) is 4.02. The summed E-state index contributed by atoms with van der Waals surface area (Å²) in [6, 6.07) is 3.69. The van der Waals surface area contributed by atoms with Crippen LogP contribution in [0.2, 0.25) is 5.02 Å². The molecule has 5 nitrogen and oxygen atoms in total. The van der Waals surface area contributed by atoms with Crippen LogP contribution in [0.5, 0.6) is 11.5 Å². The Morgan fingerprint density at radius 2 is 2.21 bits per heavy atom. The fourth-order valence-electron chi connectivity index (χ4n) is 2.69. The van der Waals surface area contributed by atoms with Gasteiger partial charge in [-0.1, -0.05) is 18.5 Å². The number of piperidine rings is 1. The summed E-state index contributed by atoms with van der Waals surface area (Å²) < 4.78 is 10.9. The summed E-state index contributed by atoms with van der Waals surface area (Å²) in [6.45, 7) is 5.64. The Bertz CT molecular complexity index is 555. The maximum absolute atomic E-state index is 12.5. The summed E-state index contributed by atoms with van der Waals surface area (Å²) in [5, 5.41) is 6.83. The van der Waals surface area contributed by atoms with Crippen molar-refractivity contribution >= 4 is 29.9 Å². The normalized spacial score (nSPS) is 20.0. The number of hydrogen-bond acceptors (Lipinski definition) is 4. The second-order valence-corrected chi connectivity index (χ2v) is 6.21. The van der Waals surface area contributed by atoms with Crippen LogP contribution in [0.25, 0.3) is 0 Å². The second kappa shape index (κ2) is 9.97. The van der Waals surface area contributed by atoms with Gasteiger partial charge in [-0.05, 0) is 44.9 Å². The Labute approximate surface area is 154 Å². The van der Waals surface area contributed by atoms with Gasteiger partial charge in [0.2, 0.25) is 0 Å². The SMILES string of the molecule is CCCOc1c(Cl)cc(C(=O)NC2CCCNC2C)cc1OC.Cl. The molecule has 2 N–H and O–H groups in total. The molecule has 0 spiro atoms. The highest BCUT2D eigenvalue weighted by Gasteiger charge is 2.24. The van der Waals surface area contributed by atoms with E-state index in [-0.39, 0.29) is 30.4 Å². The van der Waals surface area contributed by atoms with E-state index in [4.69, 9.17) is 21.1 Å². The minimum absolute atomic E-state index is 0. The fourth-order valence-corrected chi connectivity index (χ4v) is 2.95. The molecule has 0 radical (unpaired) electrons. The van der Waals surface area contributed by atoms with Crippen molar-refractivity contribution in [3.05, 3.63) is 22.7 Å². The van der Waals surface area contributed by atoms with Crippen LogP contribution in [0.15, 0.2) is 12.1 Å². The summed E-state index contributed by atoms with van der Waals surface area (Å²) in [4.78, 5) is 12.5. The van der Waals surface area contributed by atoms with Crippen molar-refractivity contribution in [2.24, 2.45) is 0 Å². The van der Waals surface area contributed by atoms with Gasteiger partial charge in [-0.25, -0.2) is 0 Å². The van der Waals surface area contributed by atoms with E-state index in [1.807, 2.05) is 6.92 Å². The highest BCUT2D eigenvalue weighted by atomic mass is 35.5. The highest BCUT2D eigenvalue weighted by Crippen LogP contribution is 2.36. The molecule has 1 heterocycles. The van der Waals surface area contributed by atoms with E-state index in [1.54, 1.807) is 19.2 Å². The van der Waals surface area contributed by atoms with E-state index in [1.165, 1.54) is 0 Å². The quantitative estimate of drug-likeness (QED) is 0.798. The molecule has 0 aromatic heterocycles. The summed E-state index contributed by atoms with van der Waals surface area (Å²) in [6.07, 6.45) is 2.90. The molecule has 7 heteroatoms. The Hall–Kier alpha value is -1.17. The molecule has 1 aliphatic rings. The predicted molar refractivity (Wildman–Crippen MR) is 99.0 cm³/mol. The molecule has 0 bridgehead atoms. The van der Waals surface area contributed by atoms with Crippen LogP contribution in [-0.2, 0) is 0 Å². The van der Waals surface area contributed by atoms with E-state index in [9.17, 15) is 4.79 Å². The third-order valence-corrected chi connectivity index (χ3v) is 4.30. The summed E-state index contributed by atoms with van der Waals surface area (Å²) in [7, 11) is 1.54. The molecular formula is C17H26Cl2N2O3. The Kier molecular flexibility index (Phi) is 8.67. The molecule has 1 aromatic rings. The first-order chi connectivity index (χ1) is 11.1. The van der Waals surface area contributed by atoms with E-state index in [0.717, 1.165) is 25.8 Å². The van der Waals surface area contributed by atoms with Crippen molar-refractivity contribution in [3.63, 3.8) is 0 Å². The molecule has 0 aliphatic carbocycles. The maximum atomic E-state index is 12.5. The van der Waals surface area contributed by atoms with Crippen molar-refractivity contribution in [2.75, 3.05) is 20.3 Å². The van der Waals surface area contributed by atoms with Gasteiger partial charge in [-0.15, -0.1) is 12.4 Å². The lowest BCUT2D eigenvalue weighted by atomic mass is 9.99. The van der Waals surface area contributed by atoms with Crippen molar-refractivity contribution in [2.45, 2.75) is 45.2 Å². The first-order valence-corrected chi connectivity index (χ1v) is 8.49. The van der Waals surface area contributed by atoms with Gasteiger partial charge >= 0.3 is 0 Å². The molecule has 1 amide bonds. The highest BCUT2D eigenvalue weighted by molar-refractivity contribution is 6.32. The van der Waals surface area contributed by atoms with Gasteiger partial charge in [0.15, 0.2) is 11.5 Å². The number of rotatable bonds is 6. The van der Waals surface area contributed by atoms with Crippen LogP contribution in [0.4, 0.5) is 0 Å². The molecule has 1 saturated heterocycles. The van der Waals surface area contributed by atoms with Gasteiger partial charge in [-0.2, -0.15) is 0 Å². The monoisotopic (exact) mass is 376 g/mol. The van der Waals surface area contributed by atoms with E-state index < -0.39 is 0 Å². The van der Waals surface area contributed by atoms with Crippen LogP contribution >= 0.6 is 24.0 Å². The zero-order chi connectivity index (χ0) is 16.8. The molecule has 24 heavy (non-hydrogen) atoms. The van der Waals surface area contributed by atoms with Crippen molar-refractivity contribution in [1.82, 2.24) is 10.6 Å². The summed E-state index contributed by atoms with van der Waals surface area (Å²) in [5.41, 5.74) is 0.480. The number of ether oxygens (including phenoxy) is 2. The molecule has 1 aliphatic heterocycles. The molecule has 136 valence electrons. The number of halogens is 2. The molecular weight excluding hydrogens is 351 g/mol. The predicted octanol–water partition coefficient (Wildman–Crippen LogP) is 3.43. The van der Waals surface area contributed by atoms with Crippen LogP contribution in [-0.4, -0.2) is 38.3 Å². The molecule has 2 atom stereocenters. The number of hydrogen-bond donors (Lipinski definition) is 2. The van der Waals surface area contributed by atoms with Gasteiger partial charge in [0.1, 0.15) is 0 Å². The van der Waals surface area contributed by atoms with Gasteiger partial charge in [0.25, 0.3) is 5.91 Å². The lowest BCUT2D eigenvalue weighted by Gasteiger charge is -2.30. The van der Waals surface area contributed by atoms with Crippen LogP contribution in [0.3, 0.4) is 0 Å². The average Bonchev–Trinajstić information content (AvgIpc) is 2.55. The van der Waals surface area contributed by atoms with E-state index in [0.29, 0.717) is 28.7 Å². The lowest BCUT2D eigenvalue weighted by Crippen LogP contribution is -2.51. The minimum atomic E-state index is -0.146. The number of carbonyl (C=O) groups excluding carboxylic acids is 1. The molecule has 0 saturated carbocycles. The maximum Gasteiger partial charge on any atom is 0.251 e. The standard InChI is InChI=1S/C17H25ClN2O3.ClH/c1-4-8-23-16-13(18)9-12(10-15(16)22-3)17(21)20-14-6-5-7-19-11(14)2;/h9-11,14,19H,4-8H2,1-3H3,(H,20,21);1H. The topological polar surface area (TPSA) is 59.6 Å². The van der Waals surface area contributed by atoms with Gasteiger partial charge in [0, 0.05) is 17.6 Å². The average molecular weight is 377 g/mol. The van der Waals surface area contributed by atoms with Crippen molar-refractivity contribution < 1.29 is 14.3 Å². The number of carbonyl (C=O) groups is 1. The largest absolute Gasteiger partial charge is 0.493 e. The zero-order valence-electron chi connectivity index (χ0n) is 14.4. The molecule has 1 aromatic carbocycles. The number of amides is 1. The Morgan fingerprint density at radius 1 is 1.46 bits per heavy atom. The Balaban J connectivity index is 0.00000288. The molecule has 2 rings (SSSR count). The van der Waals surface area contributed by atoms with Crippen molar-refractivity contribution in [3.8, 4) is 11.5 Å². The van der Waals surface area contributed by atoms with Gasteiger partial charge in [0.05, 0.1) is 18.7 Å².